The second-order valence-corrected chi connectivity index (χ2v) is 4.69. The summed E-state index contributed by atoms with van der Waals surface area (Å²) < 4.78 is 4.99. The van der Waals surface area contributed by atoms with Gasteiger partial charge in [0.05, 0.1) is 25.0 Å². The van der Waals surface area contributed by atoms with Crippen LogP contribution in [0.4, 0.5) is 0 Å². The fourth-order valence-corrected chi connectivity index (χ4v) is 2.54. The molecule has 0 saturated carbocycles. The number of carbonyl (C=O) groups is 3. The van der Waals surface area contributed by atoms with Crippen LogP contribution in [-0.4, -0.2) is 48.4 Å². The highest BCUT2D eigenvalue weighted by molar-refractivity contribution is 6.05. The SMILES string of the molecule is CCOC(=O)C1CCN(C2CC(=O)NC2=O)CC1. The molecule has 2 heterocycles. The standard InChI is InChI=1S/C12H18N2O4/c1-2-18-12(17)8-3-5-14(6-4-8)9-7-10(15)13-11(9)16/h8-9H,2-7H2,1H3,(H,13,15,16). The molecule has 0 aromatic rings. The van der Waals surface area contributed by atoms with Gasteiger partial charge in [-0.3, -0.25) is 24.6 Å². The first kappa shape index (κ1) is 13.0. The molecule has 0 spiro atoms. The third-order valence-electron chi connectivity index (χ3n) is 3.53. The molecule has 0 bridgehead atoms. The van der Waals surface area contributed by atoms with Crippen molar-refractivity contribution in [2.24, 2.45) is 5.92 Å². The zero-order chi connectivity index (χ0) is 13.1. The number of nitrogens with one attached hydrogen (secondary N) is 1. The molecule has 2 amide bonds. The van der Waals surface area contributed by atoms with Gasteiger partial charge in [0.2, 0.25) is 11.8 Å². The number of hydrogen-bond acceptors (Lipinski definition) is 5. The molecule has 2 saturated heterocycles. The van der Waals surface area contributed by atoms with E-state index in [0.29, 0.717) is 32.5 Å². The molecule has 1 atom stereocenters. The van der Waals surface area contributed by atoms with Crippen LogP contribution in [0, 0.1) is 5.92 Å². The molecule has 1 N–H and O–H groups in total. The van der Waals surface area contributed by atoms with Crippen molar-refractivity contribution in [3.8, 4) is 0 Å². The van der Waals surface area contributed by atoms with Crippen LogP contribution in [0.3, 0.4) is 0 Å². The number of hydrogen-bond donors (Lipinski definition) is 1. The smallest absolute Gasteiger partial charge is 0.309 e. The molecule has 0 radical (unpaired) electrons. The van der Waals surface area contributed by atoms with Crippen LogP contribution in [-0.2, 0) is 19.1 Å². The monoisotopic (exact) mass is 254 g/mol. The van der Waals surface area contributed by atoms with E-state index in [1.165, 1.54) is 0 Å². The number of imide groups is 1. The minimum absolute atomic E-state index is 0.0682. The Morgan fingerprint density at radius 1 is 1.39 bits per heavy atom. The molecule has 2 aliphatic heterocycles. The predicted molar refractivity (Wildman–Crippen MR) is 62.5 cm³/mol. The first-order chi connectivity index (χ1) is 8.61. The average molecular weight is 254 g/mol. The summed E-state index contributed by atoms with van der Waals surface area (Å²) in [6, 6.07) is -0.347. The van der Waals surface area contributed by atoms with Crippen molar-refractivity contribution >= 4 is 17.8 Å². The van der Waals surface area contributed by atoms with Gasteiger partial charge in [-0.25, -0.2) is 0 Å². The number of nitrogens with zero attached hydrogens (tertiary/aromatic N) is 1. The minimum Gasteiger partial charge on any atom is -0.466 e. The molecule has 100 valence electrons. The van der Waals surface area contributed by atoms with Gasteiger partial charge in [-0.1, -0.05) is 0 Å². The molecule has 0 aromatic carbocycles. The van der Waals surface area contributed by atoms with Gasteiger partial charge in [0.15, 0.2) is 0 Å². The quantitative estimate of drug-likeness (QED) is 0.551. The van der Waals surface area contributed by atoms with Crippen LogP contribution in [0.2, 0.25) is 0 Å². The van der Waals surface area contributed by atoms with Gasteiger partial charge in [0, 0.05) is 0 Å². The van der Waals surface area contributed by atoms with Crippen LogP contribution in [0.15, 0.2) is 0 Å². The summed E-state index contributed by atoms with van der Waals surface area (Å²) in [4.78, 5) is 36.2. The van der Waals surface area contributed by atoms with E-state index in [1.54, 1.807) is 6.92 Å². The van der Waals surface area contributed by atoms with E-state index in [0.717, 1.165) is 0 Å². The van der Waals surface area contributed by atoms with Gasteiger partial charge in [-0.15, -0.1) is 0 Å². The predicted octanol–water partition coefficient (Wildman–Crippen LogP) is -0.323. The Morgan fingerprint density at radius 3 is 2.56 bits per heavy atom. The molecule has 2 rings (SSSR count). The molecular weight excluding hydrogens is 236 g/mol. The van der Waals surface area contributed by atoms with E-state index < -0.39 is 0 Å². The largest absolute Gasteiger partial charge is 0.466 e. The maximum Gasteiger partial charge on any atom is 0.309 e. The van der Waals surface area contributed by atoms with E-state index in [2.05, 4.69) is 5.32 Å². The number of esters is 1. The van der Waals surface area contributed by atoms with Crippen LogP contribution in [0.1, 0.15) is 26.2 Å². The van der Waals surface area contributed by atoms with Crippen LogP contribution in [0.5, 0.6) is 0 Å². The van der Waals surface area contributed by atoms with Crippen molar-refractivity contribution in [1.29, 1.82) is 0 Å². The van der Waals surface area contributed by atoms with E-state index in [1.807, 2.05) is 4.90 Å². The first-order valence-corrected chi connectivity index (χ1v) is 6.36. The number of rotatable bonds is 3. The lowest BCUT2D eigenvalue weighted by molar-refractivity contribution is -0.149. The van der Waals surface area contributed by atoms with Gasteiger partial charge in [-0.05, 0) is 32.9 Å². The minimum atomic E-state index is -0.347. The van der Waals surface area contributed by atoms with Crippen molar-refractivity contribution in [2.45, 2.75) is 32.2 Å². The molecule has 6 nitrogen and oxygen atoms in total. The van der Waals surface area contributed by atoms with Crippen molar-refractivity contribution in [2.75, 3.05) is 19.7 Å². The lowest BCUT2D eigenvalue weighted by Crippen LogP contribution is -2.46. The Kier molecular flexibility index (Phi) is 3.96. The summed E-state index contributed by atoms with van der Waals surface area (Å²) in [6.07, 6.45) is 1.62. The topological polar surface area (TPSA) is 75.7 Å². The van der Waals surface area contributed by atoms with E-state index in [4.69, 9.17) is 4.74 Å². The average Bonchev–Trinajstić information content (AvgIpc) is 2.69. The van der Waals surface area contributed by atoms with Crippen molar-refractivity contribution < 1.29 is 19.1 Å². The van der Waals surface area contributed by atoms with Crippen molar-refractivity contribution in [3.63, 3.8) is 0 Å². The number of carbonyl (C=O) groups excluding carboxylic acids is 3. The molecule has 1 unspecified atom stereocenters. The molecule has 0 aliphatic carbocycles. The highest BCUT2D eigenvalue weighted by Crippen LogP contribution is 2.22. The fraction of sp³-hybridized carbons (Fsp3) is 0.750. The summed E-state index contributed by atoms with van der Waals surface area (Å²) in [5.74, 6) is -0.641. The maximum atomic E-state index is 11.6. The summed E-state index contributed by atoms with van der Waals surface area (Å²) in [5.41, 5.74) is 0. The Labute approximate surface area is 106 Å². The van der Waals surface area contributed by atoms with E-state index >= 15 is 0 Å². The maximum absolute atomic E-state index is 11.6. The van der Waals surface area contributed by atoms with Crippen molar-refractivity contribution in [1.82, 2.24) is 10.2 Å². The second kappa shape index (κ2) is 5.48. The molecule has 6 heteroatoms. The van der Waals surface area contributed by atoms with E-state index in [-0.39, 0.29) is 36.2 Å². The van der Waals surface area contributed by atoms with Crippen LogP contribution < -0.4 is 5.32 Å². The Balaban J connectivity index is 1.85. The van der Waals surface area contributed by atoms with Gasteiger partial charge < -0.3 is 4.74 Å². The normalized spacial score (nSPS) is 26.2. The summed E-state index contributed by atoms with van der Waals surface area (Å²) in [6.45, 7) is 3.52. The van der Waals surface area contributed by atoms with Gasteiger partial charge in [0.1, 0.15) is 0 Å². The molecular formula is C12H18N2O4. The fourth-order valence-electron chi connectivity index (χ4n) is 2.54. The lowest BCUT2D eigenvalue weighted by atomic mass is 9.95. The summed E-state index contributed by atoms with van der Waals surface area (Å²) in [7, 11) is 0. The summed E-state index contributed by atoms with van der Waals surface area (Å²) in [5, 5.41) is 2.31. The number of piperidine rings is 1. The van der Waals surface area contributed by atoms with Gasteiger partial charge in [-0.2, -0.15) is 0 Å². The highest BCUT2D eigenvalue weighted by atomic mass is 16.5. The Bertz CT molecular complexity index is 361. The number of likely N-dealkylation sites (tertiary alicyclic amines) is 1. The summed E-state index contributed by atoms with van der Waals surface area (Å²) >= 11 is 0. The van der Waals surface area contributed by atoms with Crippen LogP contribution in [0.25, 0.3) is 0 Å². The lowest BCUT2D eigenvalue weighted by Gasteiger charge is -2.33. The van der Waals surface area contributed by atoms with Crippen LogP contribution >= 0.6 is 0 Å². The van der Waals surface area contributed by atoms with Gasteiger partial charge in [0.25, 0.3) is 0 Å². The second-order valence-electron chi connectivity index (χ2n) is 4.69. The third-order valence-corrected chi connectivity index (χ3v) is 3.53. The van der Waals surface area contributed by atoms with E-state index in [9.17, 15) is 14.4 Å². The first-order valence-electron chi connectivity index (χ1n) is 6.36. The Morgan fingerprint density at radius 2 is 2.06 bits per heavy atom. The highest BCUT2D eigenvalue weighted by Gasteiger charge is 2.38. The number of ether oxygens (including phenoxy) is 1. The third kappa shape index (κ3) is 2.69. The molecule has 18 heavy (non-hydrogen) atoms. The molecule has 2 aliphatic rings. The molecule has 0 aromatic heterocycles. The zero-order valence-corrected chi connectivity index (χ0v) is 10.5. The van der Waals surface area contributed by atoms with Crippen molar-refractivity contribution in [3.05, 3.63) is 0 Å². The zero-order valence-electron chi connectivity index (χ0n) is 10.5. The number of amides is 2. The van der Waals surface area contributed by atoms with Gasteiger partial charge >= 0.3 is 5.97 Å². The Hall–Kier alpha value is -1.43. The molecule has 2 fully saturated rings.